The van der Waals surface area contributed by atoms with E-state index in [9.17, 15) is 9.59 Å². The number of rotatable bonds is 4. The molecule has 0 heterocycles. The van der Waals surface area contributed by atoms with Crippen molar-refractivity contribution in [3.63, 3.8) is 0 Å². The van der Waals surface area contributed by atoms with Crippen LogP contribution in [0.5, 0.6) is 0 Å². The van der Waals surface area contributed by atoms with E-state index in [1.54, 1.807) is 14.1 Å². The highest BCUT2D eigenvalue weighted by Gasteiger charge is 2.01. The molecule has 3 N–H and O–H groups in total. The van der Waals surface area contributed by atoms with Crippen molar-refractivity contribution in [3.05, 3.63) is 0 Å². The summed E-state index contributed by atoms with van der Waals surface area (Å²) in [5.41, 5.74) is 2.41. The molecular weight excluding hydrogens is 162 g/mol. The van der Waals surface area contributed by atoms with E-state index in [0.717, 1.165) is 0 Å². The molecule has 12 heavy (non-hydrogen) atoms. The first-order valence-corrected chi connectivity index (χ1v) is 3.46. The van der Waals surface area contributed by atoms with Crippen LogP contribution >= 0.6 is 0 Å². The van der Waals surface area contributed by atoms with Crippen LogP contribution in [0, 0.1) is 0 Å². The van der Waals surface area contributed by atoms with E-state index in [1.807, 2.05) is 0 Å². The highest BCUT2D eigenvalue weighted by atomic mass is 16.4. The lowest BCUT2D eigenvalue weighted by molar-refractivity contribution is -0.136. The van der Waals surface area contributed by atoms with Crippen molar-refractivity contribution in [1.29, 1.82) is 0 Å². The molecule has 0 aromatic rings. The average molecular weight is 175 g/mol. The van der Waals surface area contributed by atoms with Gasteiger partial charge in [0.25, 0.3) is 0 Å². The number of hydrogen-bond acceptors (Lipinski definition) is 3. The number of carboxylic acids is 1. The summed E-state index contributed by atoms with van der Waals surface area (Å²) in [5.74, 6) is -0.930. The Hall–Kier alpha value is -1.30. The number of carboxylic acid groups (broad SMARTS) is 1. The van der Waals surface area contributed by atoms with Crippen LogP contribution < -0.4 is 10.7 Å². The smallest absolute Gasteiger partial charge is 0.329 e. The molecule has 0 saturated heterocycles. The van der Waals surface area contributed by atoms with Gasteiger partial charge in [-0.1, -0.05) is 0 Å². The van der Waals surface area contributed by atoms with Crippen LogP contribution in [0.25, 0.3) is 0 Å². The first-order valence-electron chi connectivity index (χ1n) is 3.46. The maximum absolute atomic E-state index is 10.8. The van der Waals surface area contributed by atoms with Gasteiger partial charge in [0.1, 0.15) is 0 Å². The van der Waals surface area contributed by atoms with Crippen LogP contribution in [-0.2, 0) is 4.79 Å². The Balaban J connectivity index is 3.38. The second kappa shape index (κ2) is 5.36. The van der Waals surface area contributed by atoms with Crippen molar-refractivity contribution in [2.24, 2.45) is 0 Å². The maximum Gasteiger partial charge on any atom is 0.329 e. The largest absolute Gasteiger partial charge is 0.481 e. The summed E-state index contributed by atoms with van der Waals surface area (Å²) in [7, 11) is 3.33. The van der Waals surface area contributed by atoms with Crippen molar-refractivity contribution in [2.75, 3.05) is 20.6 Å². The minimum absolute atomic E-state index is 0.0686. The fourth-order valence-electron chi connectivity index (χ4n) is 0.526. The molecule has 0 atom stereocenters. The molecule has 0 bridgehead atoms. The number of aliphatic carboxylic acids is 1. The van der Waals surface area contributed by atoms with Crippen molar-refractivity contribution < 1.29 is 14.7 Å². The van der Waals surface area contributed by atoms with E-state index in [1.165, 1.54) is 5.01 Å². The fraction of sp³-hybridized carbons (Fsp3) is 0.667. The number of carbonyl (C=O) groups excluding carboxylic acids is 1. The Morgan fingerprint density at radius 2 is 2.00 bits per heavy atom. The van der Waals surface area contributed by atoms with E-state index >= 15 is 0 Å². The van der Waals surface area contributed by atoms with Crippen LogP contribution in [0.4, 0.5) is 4.79 Å². The molecule has 0 aliphatic rings. The Kier molecular flexibility index (Phi) is 4.78. The second-order valence-electron chi connectivity index (χ2n) is 2.41. The summed E-state index contributed by atoms with van der Waals surface area (Å²) >= 11 is 0. The zero-order chi connectivity index (χ0) is 9.56. The first-order chi connectivity index (χ1) is 5.52. The number of carbonyl (C=O) groups is 2. The predicted molar refractivity (Wildman–Crippen MR) is 42.5 cm³/mol. The van der Waals surface area contributed by atoms with Crippen LogP contribution in [0.1, 0.15) is 6.42 Å². The number of urea groups is 1. The van der Waals surface area contributed by atoms with E-state index in [-0.39, 0.29) is 13.0 Å². The highest BCUT2D eigenvalue weighted by molar-refractivity contribution is 5.74. The third-order valence-corrected chi connectivity index (χ3v) is 0.950. The number of hydrogen-bond donors (Lipinski definition) is 3. The van der Waals surface area contributed by atoms with Crippen LogP contribution in [0.2, 0.25) is 0 Å². The van der Waals surface area contributed by atoms with Gasteiger partial charge >= 0.3 is 12.0 Å². The van der Waals surface area contributed by atoms with E-state index in [2.05, 4.69) is 10.7 Å². The summed E-state index contributed by atoms with van der Waals surface area (Å²) in [6, 6.07) is -0.402. The average Bonchev–Trinajstić information content (AvgIpc) is 1.84. The minimum atomic E-state index is -0.930. The van der Waals surface area contributed by atoms with Crippen molar-refractivity contribution >= 4 is 12.0 Å². The lowest BCUT2D eigenvalue weighted by atomic mass is 10.4. The van der Waals surface area contributed by atoms with Gasteiger partial charge in [0.15, 0.2) is 0 Å². The summed E-state index contributed by atoms with van der Waals surface area (Å²) in [4.78, 5) is 20.8. The topological polar surface area (TPSA) is 81.7 Å². The minimum Gasteiger partial charge on any atom is -0.481 e. The van der Waals surface area contributed by atoms with E-state index in [4.69, 9.17) is 5.11 Å². The third kappa shape index (κ3) is 6.81. The molecule has 0 fully saturated rings. The van der Waals surface area contributed by atoms with Gasteiger partial charge in [-0.15, -0.1) is 0 Å². The SMILES string of the molecule is CN(C)NC(=O)NCCC(=O)O. The predicted octanol–water partition coefficient (Wildman–Crippen LogP) is -0.763. The van der Waals surface area contributed by atoms with Gasteiger partial charge in [0.2, 0.25) is 0 Å². The van der Waals surface area contributed by atoms with Crippen molar-refractivity contribution in [2.45, 2.75) is 6.42 Å². The Bertz CT molecular complexity index is 169. The molecule has 0 aromatic carbocycles. The van der Waals surface area contributed by atoms with Gasteiger partial charge in [0, 0.05) is 20.6 Å². The van der Waals surface area contributed by atoms with Crippen molar-refractivity contribution in [1.82, 2.24) is 15.8 Å². The van der Waals surface area contributed by atoms with Gasteiger partial charge in [-0.25, -0.2) is 9.80 Å². The molecule has 6 heteroatoms. The molecule has 0 aromatic heterocycles. The fourth-order valence-corrected chi connectivity index (χ4v) is 0.526. The summed E-state index contributed by atoms with van der Waals surface area (Å²) in [6.45, 7) is 0.134. The molecule has 6 nitrogen and oxygen atoms in total. The van der Waals surface area contributed by atoms with E-state index in [0.29, 0.717) is 0 Å². The highest BCUT2D eigenvalue weighted by Crippen LogP contribution is 1.75. The quantitative estimate of drug-likeness (QED) is 0.490. The lowest BCUT2D eigenvalue weighted by Crippen LogP contribution is -2.43. The van der Waals surface area contributed by atoms with Crippen molar-refractivity contribution in [3.8, 4) is 0 Å². The number of amides is 2. The summed E-state index contributed by atoms with van der Waals surface area (Å²) in [5, 5.41) is 12.1. The zero-order valence-corrected chi connectivity index (χ0v) is 7.13. The van der Waals surface area contributed by atoms with Gasteiger partial charge in [-0.3, -0.25) is 10.2 Å². The number of nitrogens with one attached hydrogen (secondary N) is 2. The zero-order valence-electron chi connectivity index (χ0n) is 7.13. The van der Waals surface area contributed by atoms with E-state index < -0.39 is 12.0 Å². The molecule has 0 aliphatic carbocycles. The maximum atomic E-state index is 10.8. The van der Waals surface area contributed by atoms with Crippen LogP contribution in [-0.4, -0.2) is 42.8 Å². The number of hydrazine groups is 1. The normalized spacial score (nSPS) is 9.58. The molecule has 70 valence electrons. The summed E-state index contributed by atoms with van der Waals surface area (Å²) < 4.78 is 0. The first kappa shape index (κ1) is 10.7. The Morgan fingerprint density at radius 3 is 2.42 bits per heavy atom. The standard InChI is InChI=1S/C6H13N3O3/c1-9(2)8-6(12)7-4-3-5(10)11/h3-4H2,1-2H3,(H,10,11)(H2,7,8,12). The third-order valence-electron chi connectivity index (χ3n) is 0.950. The molecule has 0 radical (unpaired) electrons. The lowest BCUT2D eigenvalue weighted by Gasteiger charge is -2.11. The Morgan fingerprint density at radius 1 is 1.42 bits per heavy atom. The van der Waals surface area contributed by atoms with Gasteiger partial charge < -0.3 is 10.4 Å². The monoisotopic (exact) mass is 175 g/mol. The molecule has 0 rings (SSSR count). The van der Waals surface area contributed by atoms with Gasteiger partial charge in [-0.2, -0.15) is 0 Å². The second-order valence-corrected chi connectivity index (χ2v) is 2.41. The molecule has 0 unspecified atom stereocenters. The Labute approximate surface area is 70.5 Å². The molecular formula is C6H13N3O3. The van der Waals surface area contributed by atoms with Gasteiger partial charge in [0.05, 0.1) is 6.42 Å². The van der Waals surface area contributed by atoms with Gasteiger partial charge in [-0.05, 0) is 0 Å². The van der Waals surface area contributed by atoms with Crippen LogP contribution in [0.15, 0.2) is 0 Å². The van der Waals surface area contributed by atoms with Crippen LogP contribution in [0.3, 0.4) is 0 Å². The number of nitrogens with zero attached hydrogens (tertiary/aromatic N) is 1. The molecule has 0 spiro atoms. The molecule has 0 saturated carbocycles. The molecule has 0 aliphatic heterocycles. The molecule has 2 amide bonds. The summed E-state index contributed by atoms with van der Waals surface area (Å²) in [6.07, 6.45) is -0.0686.